The maximum Gasteiger partial charge on any atom is 0.337 e. The predicted octanol–water partition coefficient (Wildman–Crippen LogP) is 3.81. The first kappa shape index (κ1) is 18.7. The Bertz CT molecular complexity index is 1050. The van der Waals surface area contributed by atoms with Crippen molar-refractivity contribution in [3.8, 4) is 0 Å². The second-order valence-corrected chi connectivity index (χ2v) is 6.87. The number of carbonyl (C=O) groups excluding carboxylic acids is 2. The van der Waals surface area contributed by atoms with Crippen molar-refractivity contribution in [1.29, 1.82) is 0 Å². The molecule has 1 N–H and O–H groups in total. The first-order chi connectivity index (χ1) is 14.1. The number of benzene rings is 2. The van der Waals surface area contributed by atoms with Crippen molar-refractivity contribution in [2.45, 2.75) is 13.0 Å². The predicted molar refractivity (Wildman–Crippen MR) is 110 cm³/mol. The normalized spacial score (nSPS) is 12.8. The molecule has 6 heteroatoms. The van der Waals surface area contributed by atoms with E-state index in [2.05, 4.69) is 22.4 Å². The van der Waals surface area contributed by atoms with Crippen molar-refractivity contribution in [1.82, 2.24) is 9.88 Å². The van der Waals surface area contributed by atoms with E-state index in [1.807, 2.05) is 29.2 Å². The van der Waals surface area contributed by atoms with Gasteiger partial charge >= 0.3 is 5.97 Å². The fourth-order valence-corrected chi connectivity index (χ4v) is 3.43. The molecule has 0 bridgehead atoms. The Labute approximate surface area is 169 Å². The summed E-state index contributed by atoms with van der Waals surface area (Å²) in [5, 5.41) is 3.19. The van der Waals surface area contributed by atoms with E-state index in [-0.39, 0.29) is 5.91 Å². The van der Waals surface area contributed by atoms with E-state index in [0.29, 0.717) is 24.3 Å². The lowest BCUT2D eigenvalue weighted by molar-refractivity contribution is 0.0600. The molecule has 0 radical (unpaired) electrons. The van der Waals surface area contributed by atoms with Crippen LogP contribution >= 0.6 is 0 Å². The number of pyridine rings is 1. The zero-order valence-corrected chi connectivity index (χ0v) is 16.1. The van der Waals surface area contributed by atoms with Gasteiger partial charge in [-0.15, -0.1) is 0 Å². The van der Waals surface area contributed by atoms with E-state index >= 15 is 0 Å². The Hall–Kier alpha value is -3.67. The lowest BCUT2D eigenvalue weighted by Crippen LogP contribution is -2.36. The van der Waals surface area contributed by atoms with Gasteiger partial charge in [0.1, 0.15) is 5.69 Å². The van der Waals surface area contributed by atoms with Crippen molar-refractivity contribution in [3.63, 3.8) is 0 Å². The summed E-state index contributed by atoms with van der Waals surface area (Å²) in [5.74, 6) is -0.463. The third kappa shape index (κ3) is 4.11. The Morgan fingerprint density at radius 2 is 1.83 bits per heavy atom. The Morgan fingerprint density at radius 1 is 1.00 bits per heavy atom. The van der Waals surface area contributed by atoms with Crippen molar-refractivity contribution in [3.05, 3.63) is 89.2 Å². The lowest BCUT2D eigenvalue weighted by Gasteiger charge is -2.28. The van der Waals surface area contributed by atoms with Crippen LogP contribution in [-0.2, 0) is 17.7 Å². The highest BCUT2D eigenvalue weighted by molar-refractivity contribution is 5.93. The van der Waals surface area contributed by atoms with Crippen LogP contribution in [0.4, 0.5) is 11.4 Å². The molecule has 146 valence electrons. The first-order valence-corrected chi connectivity index (χ1v) is 9.41. The summed E-state index contributed by atoms with van der Waals surface area (Å²) in [5.41, 5.74) is 4.84. The van der Waals surface area contributed by atoms with Crippen LogP contribution in [-0.4, -0.2) is 35.4 Å². The summed E-state index contributed by atoms with van der Waals surface area (Å²) in [6.07, 6.45) is 2.48. The molecular formula is C23H21N3O3. The average molecular weight is 387 g/mol. The van der Waals surface area contributed by atoms with Gasteiger partial charge in [-0.05, 0) is 47.9 Å². The smallest absolute Gasteiger partial charge is 0.337 e. The zero-order chi connectivity index (χ0) is 20.2. The quantitative estimate of drug-likeness (QED) is 0.690. The second kappa shape index (κ2) is 8.14. The van der Waals surface area contributed by atoms with Gasteiger partial charge in [-0.1, -0.05) is 30.3 Å². The molecule has 0 saturated carbocycles. The minimum Gasteiger partial charge on any atom is -0.465 e. The maximum absolute atomic E-state index is 12.8. The topological polar surface area (TPSA) is 71.5 Å². The molecule has 1 amide bonds. The number of nitrogens with one attached hydrogen (secondary N) is 1. The fourth-order valence-electron chi connectivity index (χ4n) is 3.43. The first-order valence-electron chi connectivity index (χ1n) is 9.41. The summed E-state index contributed by atoms with van der Waals surface area (Å²) in [7, 11) is 1.35. The van der Waals surface area contributed by atoms with Gasteiger partial charge in [-0.3, -0.25) is 4.79 Å². The number of esters is 1. The highest BCUT2D eigenvalue weighted by Crippen LogP contribution is 2.21. The number of aromatic nitrogens is 1. The van der Waals surface area contributed by atoms with Crippen LogP contribution in [0.25, 0.3) is 0 Å². The number of carbonyl (C=O) groups is 2. The number of hydrogen-bond acceptors (Lipinski definition) is 5. The molecule has 0 saturated heterocycles. The summed E-state index contributed by atoms with van der Waals surface area (Å²) in [6, 6.07) is 18.8. The Morgan fingerprint density at radius 3 is 2.59 bits per heavy atom. The highest BCUT2D eigenvalue weighted by Gasteiger charge is 2.22. The number of hydrogen-bond donors (Lipinski definition) is 1. The molecule has 29 heavy (non-hydrogen) atoms. The largest absolute Gasteiger partial charge is 0.465 e. The molecule has 1 aliphatic rings. The van der Waals surface area contributed by atoms with Crippen LogP contribution in [0.5, 0.6) is 0 Å². The molecule has 6 nitrogen and oxygen atoms in total. The number of amides is 1. The molecule has 0 atom stereocenters. The van der Waals surface area contributed by atoms with E-state index in [1.54, 1.807) is 30.5 Å². The van der Waals surface area contributed by atoms with Crippen LogP contribution < -0.4 is 5.32 Å². The lowest BCUT2D eigenvalue weighted by atomic mass is 10.00. The van der Waals surface area contributed by atoms with Gasteiger partial charge in [0.25, 0.3) is 5.91 Å². The van der Waals surface area contributed by atoms with E-state index in [4.69, 9.17) is 4.74 Å². The van der Waals surface area contributed by atoms with E-state index in [0.717, 1.165) is 17.8 Å². The van der Waals surface area contributed by atoms with E-state index < -0.39 is 5.97 Å². The average Bonchev–Trinajstić information content (AvgIpc) is 2.78. The van der Waals surface area contributed by atoms with Gasteiger partial charge in [0.2, 0.25) is 0 Å². The third-order valence-electron chi connectivity index (χ3n) is 4.97. The van der Waals surface area contributed by atoms with Gasteiger partial charge in [0.05, 0.1) is 24.6 Å². The fraction of sp³-hybridized carbons (Fsp3) is 0.174. The number of anilines is 2. The molecule has 4 rings (SSSR count). The van der Waals surface area contributed by atoms with Gasteiger partial charge in [0.15, 0.2) is 0 Å². The zero-order valence-electron chi connectivity index (χ0n) is 16.1. The molecule has 0 fully saturated rings. The molecule has 2 aromatic carbocycles. The van der Waals surface area contributed by atoms with Crippen molar-refractivity contribution in [2.24, 2.45) is 0 Å². The summed E-state index contributed by atoms with van der Waals surface area (Å²) < 4.78 is 4.74. The number of methoxy groups -OCH3 is 1. The SMILES string of the molecule is COC(=O)c1cccc(Nc2ccc(C(=O)N3CCc4ccccc4C3)nc2)c1. The van der Waals surface area contributed by atoms with Crippen molar-refractivity contribution in [2.75, 3.05) is 19.0 Å². The van der Waals surface area contributed by atoms with E-state index in [1.165, 1.54) is 18.2 Å². The molecule has 1 aromatic heterocycles. The van der Waals surface area contributed by atoms with Crippen molar-refractivity contribution >= 4 is 23.3 Å². The Balaban J connectivity index is 1.44. The maximum atomic E-state index is 12.8. The minimum absolute atomic E-state index is 0.0706. The molecule has 0 aliphatic carbocycles. The molecule has 0 unspecified atom stereocenters. The monoisotopic (exact) mass is 387 g/mol. The second-order valence-electron chi connectivity index (χ2n) is 6.87. The van der Waals surface area contributed by atoms with Crippen LogP contribution in [0.1, 0.15) is 32.0 Å². The van der Waals surface area contributed by atoms with Gasteiger partial charge < -0.3 is 15.0 Å². The summed E-state index contributed by atoms with van der Waals surface area (Å²) in [6.45, 7) is 1.30. The number of nitrogens with zero attached hydrogens (tertiary/aromatic N) is 2. The van der Waals surface area contributed by atoms with Gasteiger partial charge in [0, 0.05) is 18.8 Å². The standard InChI is InChI=1S/C23H21N3O3/c1-29-23(28)17-7-4-8-19(13-17)25-20-9-10-21(24-14-20)22(27)26-12-11-16-5-2-3-6-18(16)15-26/h2-10,13-14,25H,11-12,15H2,1H3. The molecule has 3 aromatic rings. The third-order valence-corrected chi connectivity index (χ3v) is 4.97. The molecule has 0 spiro atoms. The molecular weight excluding hydrogens is 366 g/mol. The van der Waals surface area contributed by atoms with Crippen molar-refractivity contribution < 1.29 is 14.3 Å². The number of ether oxygens (including phenoxy) is 1. The van der Waals surface area contributed by atoms with Crippen LogP contribution in [0.3, 0.4) is 0 Å². The van der Waals surface area contributed by atoms with E-state index in [9.17, 15) is 9.59 Å². The summed E-state index contributed by atoms with van der Waals surface area (Å²) >= 11 is 0. The van der Waals surface area contributed by atoms with Gasteiger partial charge in [-0.2, -0.15) is 0 Å². The minimum atomic E-state index is -0.393. The highest BCUT2D eigenvalue weighted by atomic mass is 16.5. The molecule has 1 aliphatic heterocycles. The van der Waals surface area contributed by atoms with Crippen LogP contribution in [0.15, 0.2) is 66.9 Å². The Kier molecular flexibility index (Phi) is 5.24. The number of rotatable bonds is 4. The van der Waals surface area contributed by atoms with Crippen LogP contribution in [0.2, 0.25) is 0 Å². The molecule has 2 heterocycles. The van der Waals surface area contributed by atoms with Crippen LogP contribution in [0, 0.1) is 0 Å². The summed E-state index contributed by atoms with van der Waals surface area (Å²) in [4.78, 5) is 30.6. The number of fused-ring (bicyclic) bond motifs is 1. The van der Waals surface area contributed by atoms with Gasteiger partial charge in [-0.25, -0.2) is 9.78 Å².